The second kappa shape index (κ2) is 6.16. The normalized spacial score (nSPS) is 29.0. The number of hydrogen-bond acceptors (Lipinski definition) is 3. The van der Waals surface area contributed by atoms with Crippen molar-refractivity contribution in [1.29, 1.82) is 0 Å². The van der Waals surface area contributed by atoms with E-state index >= 15 is 0 Å². The van der Waals surface area contributed by atoms with Gasteiger partial charge in [-0.1, -0.05) is 24.3 Å². The summed E-state index contributed by atoms with van der Waals surface area (Å²) in [7, 11) is 0. The van der Waals surface area contributed by atoms with E-state index in [0.717, 1.165) is 19.3 Å². The number of ether oxygens (including phenoxy) is 1. The van der Waals surface area contributed by atoms with E-state index in [1.165, 1.54) is 11.1 Å². The van der Waals surface area contributed by atoms with E-state index in [9.17, 15) is 4.79 Å². The van der Waals surface area contributed by atoms with Crippen molar-refractivity contribution in [3.05, 3.63) is 35.4 Å². The van der Waals surface area contributed by atoms with Crippen LogP contribution in [-0.2, 0) is 16.0 Å². The molecular weight excluding hydrogens is 264 g/mol. The molecule has 1 aliphatic heterocycles. The lowest BCUT2D eigenvalue weighted by Gasteiger charge is -2.40. The fourth-order valence-electron chi connectivity index (χ4n) is 3.48. The average Bonchev–Trinajstić information content (AvgIpc) is 2.54. The van der Waals surface area contributed by atoms with Crippen LogP contribution in [-0.4, -0.2) is 42.6 Å². The smallest absolute Gasteiger partial charge is 0.230 e. The van der Waals surface area contributed by atoms with Crippen LogP contribution in [0.5, 0.6) is 0 Å². The molecule has 4 nitrogen and oxygen atoms in total. The van der Waals surface area contributed by atoms with Crippen LogP contribution < -0.4 is 5.73 Å². The summed E-state index contributed by atoms with van der Waals surface area (Å²) in [6.07, 6.45) is 3.10. The quantitative estimate of drug-likeness (QED) is 0.901. The second-order valence-corrected chi connectivity index (χ2v) is 6.17. The van der Waals surface area contributed by atoms with E-state index < -0.39 is 0 Å². The van der Waals surface area contributed by atoms with Crippen LogP contribution in [0, 0.1) is 0 Å². The summed E-state index contributed by atoms with van der Waals surface area (Å²) in [6.45, 7) is 3.73. The van der Waals surface area contributed by atoms with Crippen molar-refractivity contribution in [2.24, 2.45) is 5.73 Å². The Hall–Kier alpha value is -1.39. The van der Waals surface area contributed by atoms with Crippen molar-refractivity contribution in [2.75, 3.05) is 19.7 Å². The Morgan fingerprint density at radius 1 is 1.43 bits per heavy atom. The minimum absolute atomic E-state index is 0.00826. The fraction of sp³-hybridized carbons (Fsp3) is 0.588. The maximum atomic E-state index is 13.0. The number of aryl methyl sites for hydroxylation is 1. The molecule has 1 heterocycles. The molecule has 4 heteroatoms. The lowest BCUT2D eigenvalue weighted by Crippen LogP contribution is -2.54. The standard InChI is InChI=1S/C17H24N2O2/c1-12-11-21-14(9-18)10-19(12)17(20)16-8-4-6-13-5-2-3-7-15(13)16/h2-3,5,7,12,14,16H,4,6,8-11,18H2,1H3. The highest BCUT2D eigenvalue weighted by atomic mass is 16.5. The lowest BCUT2D eigenvalue weighted by atomic mass is 9.82. The number of morpholine rings is 1. The first kappa shape index (κ1) is 14.5. The Morgan fingerprint density at radius 3 is 3.05 bits per heavy atom. The summed E-state index contributed by atoms with van der Waals surface area (Å²) < 4.78 is 5.66. The molecule has 3 unspecified atom stereocenters. The van der Waals surface area contributed by atoms with Crippen LogP contribution in [0.3, 0.4) is 0 Å². The lowest BCUT2D eigenvalue weighted by molar-refractivity contribution is -0.145. The van der Waals surface area contributed by atoms with Gasteiger partial charge in [0.2, 0.25) is 5.91 Å². The first-order valence-corrected chi connectivity index (χ1v) is 7.90. The van der Waals surface area contributed by atoms with Crippen LogP contribution in [0.4, 0.5) is 0 Å². The Kier molecular flexibility index (Phi) is 4.27. The van der Waals surface area contributed by atoms with Gasteiger partial charge < -0.3 is 15.4 Å². The van der Waals surface area contributed by atoms with Crippen LogP contribution >= 0.6 is 0 Å². The first-order chi connectivity index (χ1) is 10.2. The maximum absolute atomic E-state index is 13.0. The molecule has 1 amide bonds. The first-order valence-electron chi connectivity index (χ1n) is 7.90. The summed E-state index contributed by atoms with van der Waals surface area (Å²) in [5.74, 6) is 0.255. The minimum atomic E-state index is -0.0241. The Balaban J connectivity index is 1.82. The molecule has 3 atom stereocenters. The van der Waals surface area contributed by atoms with Gasteiger partial charge in [-0.05, 0) is 37.3 Å². The van der Waals surface area contributed by atoms with E-state index in [2.05, 4.69) is 25.1 Å². The SMILES string of the molecule is CC1COC(CN)CN1C(=O)C1CCCc2ccccc21. The van der Waals surface area contributed by atoms with E-state index in [4.69, 9.17) is 10.5 Å². The minimum Gasteiger partial charge on any atom is -0.373 e. The van der Waals surface area contributed by atoms with Crippen LogP contribution in [0.2, 0.25) is 0 Å². The highest BCUT2D eigenvalue weighted by molar-refractivity contribution is 5.85. The van der Waals surface area contributed by atoms with Gasteiger partial charge in [0.05, 0.1) is 24.7 Å². The number of hydrogen-bond donors (Lipinski definition) is 1. The number of benzene rings is 1. The van der Waals surface area contributed by atoms with E-state index in [-0.39, 0.29) is 24.0 Å². The predicted octanol–water partition coefficient (Wildman–Crippen LogP) is 1.68. The number of amides is 1. The monoisotopic (exact) mass is 288 g/mol. The molecule has 2 N–H and O–H groups in total. The van der Waals surface area contributed by atoms with E-state index in [1.807, 2.05) is 11.0 Å². The van der Waals surface area contributed by atoms with Gasteiger partial charge in [-0.25, -0.2) is 0 Å². The second-order valence-electron chi connectivity index (χ2n) is 6.17. The number of nitrogens with two attached hydrogens (primary N) is 1. The molecule has 21 heavy (non-hydrogen) atoms. The zero-order chi connectivity index (χ0) is 14.8. The molecule has 0 spiro atoms. The van der Waals surface area contributed by atoms with Crippen molar-refractivity contribution in [1.82, 2.24) is 4.90 Å². The van der Waals surface area contributed by atoms with E-state index in [1.54, 1.807) is 0 Å². The Bertz CT molecular complexity index is 517. The number of fused-ring (bicyclic) bond motifs is 1. The number of nitrogens with zero attached hydrogens (tertiary/aromatic N) is 1. The largest absolute Gasteiger partial charge is 0.373 e. The van der Waals surface area contributed by atoms with Gasteiger partial charge in [0.25, 0.3) is 0 Å². The molecule has 0 aromatic heterocycles. The van der Waals surface area contributed by atoms with Crippen LogP contribution in [0.25, 0.3) is 0 Å². The topological polar surface area (TPSA) is 55.6 Å². The molecule has 1 saturated heterocycles. The zero-order valence-corrected chi connectivity index (χ0v) is 12.6. The summed E-state index contributed by atoms with van der Waals surface area (Å²) in [4.78, 5) is 15.0. The maximum Gasteiger partial charge on any atom is 0.230 e. The molecule has 1 aromatic rings. The van der Waals surface area contributed by atoms with Gasteiger partial charge in [0.15, 0.2) is 0 Å². The molecule has 1 aliphatic carbocycles. The zero-order valence-electron chi connectivity index (χ0n) is 12.6. The number of carbonyl (C=O) groups excluding carboxylic acids is 1. The predicted molar refractivity (Wildman–Crippen MR) is 82.1 cm³/mol. The summed E-state index contributed by atoms with van der Waals surface area (Å²) >= 11 is 0. The molecule has 1 fully saturated rings. The van der Waals surface area contributed by atoms with Crippen molar-refractivity contribution in [3.63, 3.8) is 0 Å². The van der Waals surface area contributed by atoms with E-state index in [0.29, 0.717) is 19.7 Å². The third-order valence-corrected chi connectivity index (χ3v) is 4.72. The highest BCUT2D eigenvalue weighted by Crippen LogP contribution is 2.33. The summed E-state index contributed by atoms with van der Waals surface area (Å²) in [5, 5.41) is 0. The highest BCUT2D eigenvalue weighted by Gasteiger charge is 2.35. The van der Waals surface area contributed by atoms with Crippen molar-refractivity contribution >= 4 is 5.91 Å². The third kappa shape index (κ3) is 2.83. The van der Waals surface area contributed by atoms with Gasteiger partial charge in [0, 0.05) is 13.1 Å². The summed E-state index contributed by atoms with van der Waals surface area (Å²) in [6, 6.07) is 8.50. The molecule has 2 aliphatic rings. The van der Waals surface area contributed by atoms with Crippen LogP contribution in [0.15, 0.2) is 24.3 Å². The van der Waals surface area contributed by atoms with Gasteiger partial charge in [-0.15, -0.1) is 0 Å². The molecule has 0 saturated carbocycles. The van der Waals surface area contributed by atoms with Crippen molar-refractivity contribution < 1.29 is 9.53 Å². The van der Waals surface area contributed by atoms with Gasteiger partial charge in [-0.3, -0.25) is 4.79 Å². The van der Waals surface area contributed by atoms with Crippen LogP contribution in [0.1, 0.15) is 36.8 Å². The Morgan fingerprint density at radius 2 is 2.24 bits per heavy atom. The molecule has 114 valence electrons. The Labute approximate surface area is 126 Å². The molecule has 3 rings (SSSR count). The van der Waals surface area contributed by atoms with Gasteiger partial charge in [-0.2, -0.15) is 0 Å². The van der Waals surface area contributed by atoms with Crippen molar-refractivity contribution in [2.45, 2.75) is 44.2 Å². The molecule has 1 aromatic carbocycles. The molecule has 0 radical (unpaired) electrons. The number of carbonyl (C=O) groups is 1. The van der Waals surface area contributed by atoms with Gasteiger partial charge >= 0.3 is 0 Å². The third-order valence-electron chi connectivity index (χ3n) is 4.72. The molecule has 0 bridgehead atoms. The molecular formula is C17H24N2O2. The van der Waals surface area contributed by atoms with Crippen molar-refractivity contribution in [3.8, 4) is 0 Å². The van der Waals surface area contributed by atoms with Gasteiger partial charge in [0.1, 0.15) is 0 Å². The fourth-order valence-corrected chi connectivity index (χ4v) is 3.48. The number of rotatable bonds is 2. The summed E-state index contributed by atoms with van der Waals surface area (Å²) in [5.41, 5.74) is 8.25. The average molecular weight is 288 g/mol.